The maximum absolute atomic E-state index is 11.0. The van der Waals surface area contributed by atoms with E-state index in [1.54, 1.807) is 0 Å². The monoisotopic (exact) mass is 284 g/mol. The van der Waals surface area contributed by atoms with E-state index >= 15 is 0 Å². The second kappa shape index (κ2) is 5.37. The molecule has 0 aliphatic heterocycles. The van der Waals surface area contributed by atoms with E-state index in [0.717, 1.165) is 6.42 Å². The van der Waals surface area contributed by atoms with Gasteiger partial charge in [0.15, 0.2) is 0 Å². The minimum atomic E-state index is -1.01. The van der Waals surface area contributed by atoms with Gasteiger partial charge in [-0.05, 0) is 37.8 Å². The Hall–Kier alpha value is -1.29. The Labute approximate surface area is 119 Å². The summed E-state index contributed by atoms with van der Waals surface area (Å²) in [7, 11) is 0. The van der Waals surface area contributed by atoms with Crippen molar-refractivity contribution in [2.45, 2.75) is 46.6 Å². The predicted molar refractivity (Wildman–Crippen MR) is 78.0 cm³/mol. The zero-order valence-electron chi connectivity index (χ0n) is 12.0. The van der Waals surface area contributed by atoms with Gasteiger partial charge < -0.3 is 10.4 Å². The van der Waals surface area contributed by atoms with Gasteiger partial charge in [0.25, 0.3) is 0 Å². The fraction of sp³-hybridized carbons (Fsp3) is 0.571. The van der Waals surface area contributed by atoms with Gasteiger partial charge in [0.05, 0.1) is 5.56 Å². The quantitative estimate of drug-likeness (QED) is 0.819. The van der Waals surface area contributed by atoms with E-state index in [9.17, 15) is 4.79 Å². The summed E-state index contributed by atoms with van der Waals surface area (Å²) in [4.78, 5) is 15.1. The molecule has 4 nitrogen and oxygen atoms in total. The van der Waals surface area contributed by atoms with Gasteiger partial charge in [-0.1, -0.05) is 32.4 Å². The number of halogens is 1. The lowest BCUT2D eigenvalue weighted by atomic mass is 9.82. The largest absolute Gasteiger partial charge is 0.478 e. The summed E-state index contributed by atoms with van der Waals surface area (Å²) in [6.45, 7) is 10.6. The lowest BCUT2D eigenvalue weighted by molar-refractivity contribution is 0.0696. The molecule has 0 saturated heterocycles. The summed E-state index contributed by atoms with van der Waals surface area (Å²) < 4.78 is 0. The molecule has 1 aromatic rings. The highest BCUT2D eigenvalue weighted by Crippen LogP contribution is 2.29. The van der Waals surface area contributed by atoms with E-state index < -0.39 is 5.97 Å². The molecule has 106 valence electrons. The number of nitrogens with zero attached hydrogens (tertiary/aromatic N) is 1. The third-order valence-electron chi connectivity index (χ3n) is 2.48. The summed E-state index contributed by atoms with van der Waals surface area (Å²) in [5.41, 5.74) is 0.0882. The number of hydrogen-bond acceptors (Lipinski definition) is 3. The molecule has 0 aliphatic rings. The maximum atomic E-state index is 11.0. The molecule has 0 spiro atoms. The summed E-state index contributed by atoms with van der Waals surface area (Å²) in [5.74, 6) is -0.528. The van der Waals surface area contributed by atoms with Crippen LogP contribution >= 0.6 is 11.6 Å². The van der Waals surface area contributed by atoms with Crippen molar-refractivity contribution in [1.82, 2.24) is 4.98 Å². The molecule has 2 N–H and O–H groups in total. The van der Waals surface area contributed by atoms with Crippen LogP contribution < -0.4 is 5.32 Å². The molecule has 0 radical (unpaired) electrons. The molecule has 1 rings (SSSR count). The van der Waals surface area contributed by atoms with E-state index in [4.69, 9.17) is 16.7 Å². The van der Waals surface area contributed by atoms with Crippen molar-refractivity contribution in [1.29, 1.82) is 0 Å². The number of anilines is 1. The highest BCUT2D eigenvalue weighted by molar-refractivity contribution is 6.29. The van der Waals surface area contributed by atoms with E-state index in [0.29, 0.717) is 5.82 Å². The molecule has 19 heavy (non-hydrogen) atoms. The number of rotatable bonds is 4. The van der Waals surface area contributed by atoms with Gasteiger partial charge in [-0.15, -0.1) is 0 Å². The molecule has 1 heterocycles. The Morgan fingerprint density at radius 2 is 1.89 bits per heavy atom. The van der Waals surface area contributed by atoms with Crippen molar-refractivity contribution in [3.63, 3.8) is 0 Å². The number of aromatic nitrogens is 1. The molecule has 0 fully saturated rings. The van der Waals surface area contributed by atoms with Gasteiger partial charge in [0.1, 0.15) is 11.0 Å². The van der Waals surface area contributed by atoms with Crippen LogP contribution in [0.5, 0.6) is 0 Å². The predicted octanol–water partition coefficient (Wildman–Crippen LogP) is 4.06. The maximum Gasteiger partial charge on any atom is 0.335 e. The normalized spacial score (nSPS) is 12.3. The zero-order chi connectivity index (χ0) is 14.8. The molecule has 0 amide bonds. The standard InChI is InChI=1S/C14H21ClN2O2/c1-13(2,3)8-14(4,5)17-11-7-9(12(18)19)6-10(15)16-11/h6-7H,8H2,1-5H3,(H,16,17)(H,18,19). The van der Waals surface area contributed by atoms with E-state index in [1.807, 2.05) is 0 Å². The Balaban J connectivity index is 2.96. The Morgan fingerprint density at radius 1 is 1.32 bits per heavy atom. The van der Waals surface area contributed by atoms with E-state index in [-0.39, 0.29) is 21.7 Å². The average Bonchev–Trinajstić information content (AvgIpc) is 2.10. The molecule has 0 bridgehead atoms. The molecule has 0 saturated carbocycles. The highest BCUT2D eigenvalue weighted by atomic mass is 35.5. The smallest absolute Gasteiger partial charge is 0.335 e. The number of pyridine rings is 1. The van der Waals surface area contributed by atoms with Crippen LogP contribution in [0.1, 0.15) is 51.4 Å². The van der Waals surface area contributed by atoms with Crippen LogP contribution in [-0.2, 0) is 0 Å². The topological polar surface area (TPSA) is 62.2 Å². The highest BCUT2D eigenvalue weighted by Gasteiger charge is 2.26. The van der Waals surface area contributed by atoms with Crippen LogP contribution in [0, 0.1) is 5.41 Å². The summed E-state index contributed by atoms with van der Waals surface area (Å²) in [6.07, 6.45) is 0.913. The molecule has 0 atom stereocenters. The van der Waals surface area contributed by atoms with Crippen LogP contribution in [0.3, 0.4) is 0 Å². The van der Waals surface area contributed by atoms with Crippen molar-refractivity contribution in [2.24, 2.45) is 5.41 Å². The van der Waals surface area contributed by atoms with Crippen molar-refractivity contribution in [3.05, 3.63) is 22.8 Å². The van der Waals surface area contributed by atoms with Gasteiger partial charge in [0, 0.05) is 5.54 Å². The number of hydrogen-bond donors (Lipinski definition) is 2. The first-order chi connectivity index (χ1) is 8.48. The third kappa shape index (κ3) is 5.47. The molecule has 5 heteroatoms. The first kappa shape index (κ1) is 15.8. The first-order valence-corrected chi connectivity index (χ1v) is 6.55. The van der Waals surface area contributed by atoms with Crippen molar-refractivity contribution in [3.8, 4) is 0 Å². The minimum Gasteiger partial charge on any atom is -0.478 e. The first-order valence-electron chi connectivity index (χ1n) is 6.18. The fourth-order valence-corrected chi connectivity index (χ4v) is 2.61. The Morgan fingerprint density at radius 3 is 2.37 bits per heavy atom. The van der Waals surface area contributed by atoms with Crippen LogP contribution in [0.15, 0.2) is 12.1 Å². The van der Waals surface area contributed by atoms with E-state index in [2.05, 4.69) is 44.9 Å². The third-order valence-corrected chi connectivity index (χ3v) is 2.67. The molecular formula is C14H21ClN2O2. The number of carboxylic acids is 1. The van der Waals surface area contributed by atoms with Crippen LogP contribution in [-0.4, -0.2) is 21.6 Å². The molecule has 0 aliphatic carbocycles. The fourth-order valence-electron chi connectivity index (χ4n) is 2.40. The van der Waals surface area contributed by atoms with Gasteiger partial charge in [-0.3, -0.25) is 0 Å². The van der Waals surface area contributed by atoms with Gasteiger partial charge in [-0.2, -0.15) is 0 Å². The number of nitrogens with one attached hydrogen (secondary N) is 1. The number of carboxylic acid groups (broad SMARTS) is 1. The number of carbonyl (C=O) groups is 1. The summed E-state index contributed by atoms with van der Waals surface area (Å²) in [5, 5.41) is 12.4. The SMILES string of the molecule is CC(C)(C)CC(C)(C)Nc1cc(C(=O)O)cc(Cl)n1. The second-order valence-corrected chi connectivity index (χ2v) is 7.00. The van der Waals surface area contributed by atoms with Crippen molar-refractivity contribution < 1.29 is 9.90 Å². The second-order valence-electron chi connectivity index (χ2n) is 6.62. The molecular weight excluding hydrogens is 264 g/mol. The van der Waals surface area contributed by atoms with Gasteiger partial charge in [0.2, 0.25) is 0 Å². The van der Waals surface area contributed by atoms with E-state index in [1.165, 1.54) is 12.1 Å². The van der Waals surface area contributed by atoms with Crippen LogP contribution in [0.25, 0.3) is 0 Å². The average molecular weight is 285 g/mol. The summed E-state index contributed by atoms with van der Waals surface area (Å²) in [6, 6.07) is 2.84. The minimum absolute atomic E-state index is 0.133. The zero-order valence-corrected chi connectivity index (χ0v) is 12.8. The molecule has 0 unspecified atom stereocenters. The summed E-state index contributed by atoms with van der Waals surface area (Å²) >= 11 is 5.84. The Kier molecular flexibility index (Phi) is 4.46. The van der Waals surface area contributed by atoms with Gasteiger partial charge >= 0.3 is 5.97 Å². The molecule has 0 aromatic carbocycles. The lowest BCUT2D eigenvalue weighted by Crippen LogP contribution is -2.35. The van der Waals surface area contributed by atoms with Crippen LogP contribution in [0.4, 0.5) is 5.82 Å². The van der Waals surface area contributed by atoms with Crippen molar-refractivity contribution in [2.75, 3.05) is 5.32 Å². The van der Waals surface area contributed by atoms with Crippen LogP contribution in [0.2, 0.25) is 5.15 Å². The Bertz CT molecular complexity index is 479. The van der Waals surface area contributed by atoms with Crippen molar-refractivity contribution >= 4 is 23.4 Å². The number of aromatic carboxylic acids is 1. The van der Waals surface area contributed by atoms with Gasteiger partial charge in [-0.25, -0.2) is 9.78 Å². The lowest BCUT2D eigenvalue weighted by Gasteiger charge is -2.33. The molecule has 1 aromatic heterocycles.